The molecule has 1 rings (SSSR count). The first-order valence-corrected chi connectivity index (χ1v) is 5.15. The number of hydrogen-bond acceptors (Lipinski definition) is 3. The van der Waals surface area contributed by atoms with Crippen molar-refractivity contribution in [3.05, 3.63) is 29.8 Å². The summed E-state index contributed by atoms with van der Waals surface area (Å²) in [6, 6.07) is 7.41. The fourth-order valence-corrected chi connectivity index (χ4v) is 1.15. The monoisotopic (exact) mass is 233 g/mol. The summed E-state index contributed by atoms with van der Waals surface area (Å²) in [6.07, 6.45) is 0. The van der Waals surface area contributed by atoms with Crippen molar-refractivity contribution < 1.29 is 14.3 Å². The second-order valence-corrected chi connectivity index (χ2v) is 3.24. The molecule has 4 heteroatoms. The van der Waals surface area contributed by atoms with Crippen molar-refractivity contribution in [3.63, 3.8) is 0 Å². The molecule has 0 unspecified atom stereocenters. The van der Waals surface area contributed by atoms with Gasteiger partial charge < -0.3 is 14.8 Å². The van der Waals surface area contributed by atoms with E-state index in [-0.39, 0.29) is 12.5 Å². The smallest absolute Gasteiger partial charge is 0.246 e. The highest BCUT2D eigenvalue weighted by molar-refractivity contribution is 5.77. The Bertz CT molecular complexity index is 415. The van der Waals surface area contributed by atoms with Gasteiger partial charge in [-0.15, -0.1) is 0 Å². The fraction of sp³-hybridized carbons (Fsp3) is 0.308. The zero-order valence-corrected chi connectivity index (χ0v) is 9.95. The predicted molar refractivity (Wildman–Crippen MR) is 64.8 cm³/mol. The molecule has 0 aliphatic carbocycles. The van der Waals surface area contributed by atoms with Crippen LogP contribution in [-0.2, 0) is 9.53 Å². The van der Waals surface area contributed by atoms with Crippen LogP contribution in [0.1, 0.15) is 5.56 Å². The van der Waals surface area contributed by atoms with Gasteiger partial charge in [0, 0.05) is 12.7 Å². The van der Waals surface area contributed by atoms with E-state index in [1.807, 2.05) is 24.3 Å². The van der Waals surface area contributed by atoms with E-state index in [1.54, 1.807) is 7.11 Å². The standard InChI is InChI=1S/C13H15NO3/c1-16-10-13(15)14-9-3-4-11-5-7-12(17-2)8-6-11/h5-8H,9-10H2,1-2H3,(H,14,15). The molecular formula is C13H15NO3. The Balaban J connectivity index is 2.40. The van der Waals surface area contributed by atoms with E-state index in [0.29, 0.717) is 6.54 Å². The van der Waals surface area contributed by atoms with Gasteiger partial charge in [-0.3, -0.25) is 4.79 Å². The van der Waals surface area contributed by atoms with Crippen molar-refractivity contribution in [2.24, 2.45) is 0 Å². The van der Waals surface area contributed by atoms with E-state index in [0.717, 1.165) is 11.3 Å². The molecule has 1 aromatic rings. The number of carbonyl (C=O) groups excluding carboxylic acids is 1. The van der Waals surface area contributed by atoms with Crippen molar-refractivity contribution in [2.45, 2.75) is 0 Å². The zero-order chi connectivity index (χ0) is 12.5. The maximum Gasteiger partial charge on any atom is 0.246 e. The molecule has 0 aliphatic rings. The molecule has 1 amide bonds. The summed E-state index contributed by atoms with van der Waals surface area (Å²) < 4.78 is 9.70. The first kappa shape index (κ1) is 13.1. The van der Waals surface area contributed by atoms with Crippen LogP contribution in [0.4, 0.5) is 0 Å². The highest BCUT2D eigenvalue weighted by atomic mass is 16.5. The lowest BCUT2D eigenvalue weighted by Crippen LogP contribution is -2.27. The summed E-state index contributed by atoms with van der Waals surface area (Å²) in [7, 11) is 3.09. The summed E-state index contributed by atoms with van der Waals surface area (Å²) in [6.45, 7) is 0.373. The molecule has 0 aliphatic heterocycles. The summed E-state index contributed by atoms with van der Waals surface area (Å²) in [5, 5.41) is 2.61. The summed E-state index contributed by atoms with van der Waals surface area (Å²) in [5.74, 6) is 6.41. The van der Waals surface area contributed by atoms with E-state index < -0.39 is 0 Å². The lowest BCUT2D eigenvalue weighted by molar-refractivity contribution is -0.124. The molecule has 4 nitrogen and oxygen atoms in total. The van der Waals surface area contributed by atoms with Gasteiger partial charge in [-0.25, -0.2) is 0 Å². The normalized spacial score (nSPS) is 9.06. The van der Waals surface area contributed by atoms with E-state index in [9.17, 15) is 4.79 Å². The van der Waals surface area contributed by atoms with Gasteiger partial charge in [0.1, 0.15) is 12.4 Å². The lowest BCUT2D eigenvalue weighted by Gasteiger charge is -1.99. The Kier molecular flexibility index (Phi) is 5.62. The maximum absolute atomic E-state index is 11.0. The number of amides is 1. The van der Waals surface area contributed by atoms with Gasteiger partial charge in [0.2, 0.25) is 5.91 Å². The second-order valence-electron chi connectivity index (χ2n) is 3.24. The molecule has 0 aromatic heterocycles. The largest absolute Gasteiger partial charge is 0.497 e. The summed E-state index contributed by atoms with van der Waals surface area (Å²) in [4.78, 5) is 11.0. The average Bonchev–Trinajstić information content (AvgIpc) is 2.36. The van der Waals surface area contributed by atoms with Gasteiger partial charge >= 0.3 is 0 Å². The van der Waals surface area contributed by atoms with Gasteiger partial charge in [-0.1, -0.05) is 11.8 Å². The van der Waals surface area contributed by atoms with Crippen molar-refractivity contribution >= 4 is 5.91 Å². The number of hydrogen-bond donors (Lipinski definition) is 1. The minimum Gasteiger partial charge on any atom is -0.497 e. The molecule has 0 fully saturated rings. The van der Waals surface area contributed by atoms with Gasteiger partial charge in [0.25, 0.3) is 0 Å². The van der Waals surface area contributed by atoms with E-state index in [2.05, 4.69) is 21.9 Å². The van der Waals surface area contributed by atoms with E-state index in [4.69, 9.17) is 4.74 Å². The summed E-state index contributed by atoms with van der Waals surface area (Å²) in [5.41, 5.74) is 0.881. The van der Waals surface area contributed by atoms with Gasteiger partial charge in [0.15, 0.2) is 0 Å². The molecule has 17 heavy (non-hydrogen) atoms. The van der Waals surface area contributed by atoms with Crippen LogP contribution in [0.25, 0.3) is 0 Å². The number of benzene rings is 1. The van der Waals surface area contributed by atoms with Crippen LogP contribution in [0, 0.1) is 11.8 Å². The Labute approximate surface area is 101 Å². The SMILES string of the molecule is COCC(=O)NCC#Cc1ccc(OC)cc1. The minimum absolute atomic E-state index is 0.0597. The molecule has 0 saturated heterocycles. The Hall–Kier alpha value is -1.99. The molecule has 1 N–H and O–H groups in total. The Morgan fingerprint density at radius 1 is 1.29 bits per heavy atom. The van der Waals surface area contributed by atoms with Gasteiger partial charge in [0.05, 0.1) is 13.7 Å². The number of rotatable bonds is 4. The second kappa shape index (κ2) is 7.31. The zero-order valence-electron chi connectivity index (χ0n) is 9.95. The first-order valence-electron chi connectivity index (χ1n) is 5.15. The molecule has 0 atom stereocenters. The third-order valence-corrected chi connectivity index (χ3v) is 1.97. The van der Waals surface area contributed by atoms with Crippen LogP contribution in [-0.4, -0.2) is 33.3 Å². The molecule has 0 radical (unpaired) electrons. The number of ether oxygens (including phenoxy) is 2. The summed E-state index contributed by atoms with van der Waals surface area (Å²) >= 11 is 0. The number of carbonyl (C=O) groups is 1. The molecule has 0 spiro atoms. The van der Waals surface area contributed by atoms with Crippen molar-refractivity contribution in [3.8, 4) is 17.6 Å². The minimum atomic E-state index is -0.170. The fourth-order valence-electron chi connectivity index (χ4n) is 1.15. The third-order valence-electron chi connectivity index (χ3n) is 1.97. The lowest BCUT2D eigenvalue weighted by atomic mass is 10.2. The maximum atomic E-state index is 11.0. The van der Waals surface area contributed by atoms with E-state index >= 15 is 0 Å². The van der Waals surface area contributed by atoms with Crippen LogP contribution in [0.3, 0.4) is 0 Å². The van der Waals surface area contributed by atoms with Gasteiger partial charge in [-0.2, -0.15) is 0 Å². The quantitative estimate of drug-likeness (QED) is 0.783. The number of methoxy groups -OCH3 is 2. The molecule has 0 heterocycles. The first-order chi connectivity index (χ1) is 8.26. The molecule has 0 saturated carbocycles. The van der Waals surface area contributed by atoms with E-state index in [1.165, 1.54) is 7.11 Å². The van der Waals surface area contributed by atoms with Crippen molar-refractivity contribution in [1.82, 2.24) is 5.32 Å². The predicted octanol–water partition coefficient (Wildman–Crippen LogP) is 0.809. The van der Waals surface area contributed by atoms with Crippen molar-refractivity contribution in [1.29, 1.82) is 0 Å². The van der Waals surface area contributed by atoms with Crippen molar-refractivity contribution in [2.75, 3.05) is 27.4 Å². The highest BCUT2D eigenvalue weighted by Crippen LogP contribution is 2.09. The van der Waals surface area contributed by atoms with Crippen LogP contribution < -0.4 is 10.1 Å². The molecular weight excluding hydrogens is 218 g/mol. The molecule has 90 valence electrons. The topological polar surface area (TPSA) is 47.6 Å². The van der Waals surface area contributed by atoms with Crippen LogP contribution >= 0.6 is 0 Å². The molecule has 1 aromatic carbocycles. The molecule has 0 bridgehead atoms. The number of nitrogens with one attached hydrogen (secondary N) is 1. The third kappa shape index (κ3) is 5.05. The van der Waals surface area contributed by atoms with Crippen LogP contribution in [0.5, 0.6) is 5.75 Å². The van der Waals surface area contributed by atoms with Crippen LogP contribution in [0.2, 0.25) is 0 Å². The Morgan fingerprint density at radius 3 is 2.59 bits per heavy atom. The Morgan fingerprint density at radius 2 is 2.00 bits per heavy atom. The highest BCUT2D eigenvalue weighted by Gasteiger charge is 1.95. The van der Waals surface area contributed by atoms with Crippen LogP contribution in [0.15, 0.2) is 24.3 Å². The van der Waals surface area contributed by atoms with Gasteiger partial charge in [-0.05, 0) is 24.3 Å². The average molecular weight is 233 g/mol.